The highest BCUT2D eigenvalue weighted by Gasteiger charge is 2.38. The van der Waals surface area contributed by atoms with E-state index in [1.807, 2.05) is 13.0 Å². The number of aromatic nitrogens is 4. The van der Waals surface area contributed by atoms with Gasteiger partial charge >= 0.3 is 0 Å². The maximum absolute atomic E-state index is 5.30. The SMILES string of the molecule is Cc1cc(-c2nc(C3(C)CCC3)no2)cnn1. The molecule has 17 heavy (non-hydrogen) atoms. The molecule has 0 unspecified atom stereocenters. The van der Waals surface area contributed by atoms with Crippen molar-refractivity contribution in [2.24, 2.45) is 0 Å². The molecule has 0 spiro atoms. The lowest BCUT2D eigenvalue weighted by Gasteiger charge is -2.34. The highest BCUT2D eigenvalue weighted by molar-refractivity contribution is 5.51. The van der Waals surface area contributed by atoms with Gasteiger partial charge < -0.3 is 4.52 Å². The highest BCUT2D eigenvalue weighted by atomic mass is 16.5. The second-order valence-corrected chi connectivity index (χ2v) is 4.92. The van der Waals surface area contributed by atoms with Crippen LogP contribution in [0.15, 0.2) is 16.8 Å². The van der Waals surface area contributed by atoms with Gasteiger partial charge in [-0.1, -0.05) is 18.5 Å². The van der Waals surface area contributed by atoms with Crippen LogP contribution in [0, 0.1) is 6.92 Å². The third-order valence-electron chi connectivity index (χ3n) is 3.45. The minimum atomic E-state index is 0.108. The molecule has 0 saturated heterocycles. The third kappa shape index (κ3) is 1.71. The van der Waals surface area contributed by atoms with E-state index in [9.17, 15) is 0 Å². The van der Waals surface area contributed by atoms with Crippen molar-refractivity contribution in [3.63, 3.8) is 0 Å². The lowest BCUT2D eigenvalue weighted by atomic mass is 9.70. The number of hydrogen-bond acceptors (Lipinski definition) is 5. The first-order valence-corrected chi connectivity index (χ1v) is 5.81. The molecule has 0 aromatic carbocycles. The second-order valence-electron chi connectivity index (χ2n) is 4.92. The van der Waals surface area contributed by atoms with Gasteiger partial charge in [0.2, 0.25) is 0 Å². The van der Waals surface area contributed by atoms with Gasteiger partial charge in [0.05, 0.1) is 17.5 Å². The number of hydrogen-bond donors (Lipinski definition) is 0. The van der Waals surface area contributed by atoms with Crippen LogP contribution in [0.25, 0.3) is 11.5 Å². The van der Waals surface area contributed by atoms with Gasteiger partial charge in [0.25, 0.3) is 5.89 Å². The van der Waals surface area contributed by atoms with Crippen LogP contribution in [0.2, 0.25) is 0 Å². The van der Waals surface area contributed by atoms with Crippen LogP contribution in [0.5, 0.6) is 0 Å². The van der Waals surface area contributed by atoms with Gasteiger partial charge in [-0.2, -0.15) is 15.2 Å². The van der Waals surface area contributed by atoms with Crippen LogP contribution in [0.4, 0.5) is 0 Å². The normalized spacial score (nSPS) is 17.8. The number of rotatable bonds is 2. The number of nitrogens with zero attached hydrogens (tertiary/aromatic N) is 4. The van der Waals surface area contributed by atoms with E-state index in [1.54, 1.807) is 6.20 Å². The Morgan fingerprint density at radius 1 is 1.35 bits per heavy atom. The predicted octanol–water partition coefficient (Wildman–Crippen LogP) is 2.28. The molecule has 0 N–H and O–H groups in total. The molecule has 5 heteroatoms. The monoisotopic (exact) mass is 230 g/mol. The van der Waals surface area contributed by atoms with E-state index < -0.39 is 0 Å². The lowest BCUT2D eigenvalue weighted by molar-refractivity contribution is 0.246. The molecule has 0 radical (unpaired) electrons. The van der Waals surface area contributed by atoms with Crippen molar-refractivity contribution < 1.29 is 4.52 Å². The fraction of sp³-hybridized carbons (Fsp3) is 0.500. The average Bonchev–Trinajstić information content (AvgIpc) is 2.75. The van der Waals surface area contributed by atoms with E-state index in [1.165, 1.54) is 6.42 Å². The standard InChI is InChI=1S/C12H14N4O/c1-8-6-9(7-13-15-8)10-14-11(16-17-10)12(2)4-3-5-12/h6-7H,3-5H2,1-2H3. The van der Waals surface area contributed by atoms with Gasteiger partial charge in [0.15, 0.2) is 5.82 Å². The number of aryl methyl sites for hydroxylation is 1. The fourth-order valence-corrected chi connectivity index (χ4v) is 2.11. The summed E-state index contributed by atoms with van der Waals surface area (Å²) in [4.78, 5) is 4.47. The van der Waals surface area contributed by atoms with Gasteiger partial charge in [0.1, 0.15) is 0 Å². The highest BCUT2D eigenvalue weighted by Crippen LogP contribution is 2.42. The van der Waals surface area contributed by atoms with Crippen LogP contribution >= 0.6 is 0 Å². The summed E-state index contributed by atoms with van der Waals surface area (Å²) in [6.07, 6.45) is 5.17. The maximum atomic E-state index is 5.30. The Bertz CT molecular complexity index is 545. The first-order valence-electron chi connectivity index (χ1n) is 5.81. The molecule has 0 aliphatic heterocycles. The van der Waals surface area contributed by atoms with Crippen molar-refractivity contribution in [2.75, 3.05) is 0 Å². The Hall–Kier alpha value is -1.78. The zero-order chi connectivity index (χ0) is 11.9. The molecule has 1 saturated carbocycles. The van der Waals surface area contributed by atoms with Gasteiger partial charge in [-0.3, -0.25) is 0 Å². The topological polar surface area (TPSA) is 64.7 Å². The molecule has 5 nitrogen and oxygen atoms in total. The minimum Gasteiger partial charge on any atom is -0.334 e. The Morgan fingerprint density at radius 3 is 2.82 bits per heavy atom. The van der Waals surface area contributed by atoms with Crippen LogP contribution < -0.4 is 0 Å². The zero-order valence-electron chi connectivity index (χ0n) is 9.97. The fourth-order valence-electron chi connectivity index (χ4n) is 2.11. The molecule has 0 bridgehead atoms. The molecule has 2 heterocycles. The first-order chi connectivity index (χ1) is 8.17. The third-order valence-corrected chi connectivity index (χ3v) is 3.45. The zero-order valence-corrected chi connectivity index (χ0v) is 9.97. The molecule has 1 fully saturated rings. The minimum absolute atomic E-state index is 0.108. The van der Waals surface area contributed by atoms with E-state index in [0.29, 0.717) is 5.89 Å². The molecule has 2 aromatic rings. The van der Waals surface area contributed by atoms with E-state index in [2.05, 4.69) is 27.3 Å². The van der Waals surface area contributed by atoms with Crippen LogP contribution in [0.1, 0.15) is 37.7 Å². The lowest BCUT2D eigenvalue weighted by Crippen LogP contribution is -2.31. The van der Waals surface area contributed by atoms with Crippen molar-refractivity contribution in [1.82, 2.24) is 20.3 Å². The summed E-state index contributed by atoms with van der Waals surface area (Å²) in [6, 6.07) is 1.90. The summed E-state index contributed by atoms with van der Waals surface area (Å²) in [7, 11) is 0. The van der Waals surface area contributed by atoms with Gasteiger partial charge in [0, 0.05) is 5.41 Å². The first kappa shape index (κ1) is 10.4. The summed E-state index contributed by atoms with van der Waals surface area (Å²) in [5.74, 6) is 1.35. The predicted molar refractivity (Wildman–Crippen MR) is 61.3 cm³/mol. The summed E-state index contributed by atoms with van der Waals surface area (Å²) in [5, 5.41) is 11.9. The van der Waals surface area contributed by atoms with Crippen LogP contribution in [0.3, 0.4) is 0 Å². The molecular weight excluding hydrogens is 216 g/mol. The summed E-state index contributed by atoms with van der Waals surface area (Å²) in [5.41, 5.74) is 1.79. The van der Waals surface area contributed by atoms with Crippen LogP contribution in [-0.2, 0) is 5.41 Å². The van der Waals surface area contributed by atoms with Gasteiger partial charge in [-0.15, -0.1) is 0 Å². The largest absolute Gasteiger partial charge is 0.334 e. The Labute approximate surface area is 99.3 Å². The van der Waals surface area contributed by atoms with Crippen molar-refractivity contribution in [3.05, 3.63) is 23.8 Å². The summed E-state index contributed by atoms with van der Waals surface area (Å²) < 4.78 is 5.30. The van der Waals surface area contributed by atoms with Crippen molar-refractivity contribution in [1.29, 1.82) is 0 Å². The molecule has 0 atom stereocenters. The van der Waals surface area contributed by atoms with Crippen molar-refractivity contribution in [3.8, 4) is 11.5 Å². The smallest absolute Gasteiger partial charge is 0.259 e. The van der Waals surface area contributed by atoms with E-state index in [-0.39, 0.29) is 5.41 Å². The molecular formula is C12H14N4O. The maximum Gasteiger partial charge on any atom is 0.259 e. The van der Waals surface area contributed by atoms with E-state index >= 15 is 0 Å². The molecule has 1 aliphatic rings. The summed E-state index contributed by atoms with van der Waals surface area (Å²) in [6.45, 7) is 4.07. The Kier molecular flexibility index (Phi) is 2.21. The Morgan fingerprint density at radius 2 is 2.18 bits per heavy atom. The van der Waals surface area contributed by atoms with Crippen LogP contribution in [-0.4, -0.2) is 20.3 Å². The quantitative estimate of drug-likeness (QED) is 0.791. The molecule has 1 aliphatic carbocycles. The average molecular weight is 230 g/mol. The van der Waals surface area contributed by atoms with E-state index in [0.717, 1.165) is 29.9 Å². The molecule has 2 aromatic heterocycles. The van der Waals surface area contributed by atoms with E-state index in [4.69, 9.17) is 4.52 Å². The molecule has 0 amide bonds. The summed E-state index contributed by atoms with van der Waals surface area (Å²) >= 11 is 0. The molecule has 88 valence electrons. The van der Waals surface area contributed by atoms with Crippen molar-refractivity contribution in [2.45, 2.75) is 38.5 Å². The van der Waals surface area contributed by atoms with Gasteiger partial charge in [-0.25, -0.2) is 0 Å². The second kappa shape index (κ2) is 3.61. The Balaban J connectivity index is 1.95. The van der Waals surface area contributed by atoms with Crippen molar-refractivity contribution >= 4 is 0 Å². The molecule has 3 rings (SSSR count). The van der Waals surface area contributed by atoms with Gasteiger partial charge in [-0.05, 0) is 25.8 Å².